The highest BCUT2D eigenvalue weighted by molar-refractivity contribution is 8.00. The molecule has 3 nitrogen and oxygen atoms in total. The molecule has 0 unspecified atom stereocenters. The first-order chi connectivity index (χ1) is 8.66. The summed E-state index contributed by atoms with van der Waals surface area (Å²) in [6.45, 7) is 3.85. The van der Waals surface area contributed by atoms with Crippen LogP contribution in [0.1, 0.15) is 24.8 Å². The largest absolute Gasteiger partial charge is 0.399 e. The second-order valence-electron chi connectivity index (χ2n) is 4.75. The normalized spacial score (nSPS) is 15.7. The van der Waals surface area contributed by atoms with Crippen LogP contribution in [0.25, 0.3) is 0 Å². The van der Waals surface area contributed by atoms with Gasteiger partial charge in [0.05, 0.1) is 5.75 Å². The third-order valence-corrected chi connectivity index (χ3v) is 4.29. The van der Waals surface area contributed by atoms with Gasteiger partial charge >= 0.3 is 0 Å². The summed E-state index contributed by atoms with van der Waals surface area (Å²) in [4.78, 5) is 15.1. The molecule has 1 heterocycles. The quantitative estimate of drug-likeness (QED) is 0.674. The van der Waals surface area contributed by atoms with Crippen molar-refractivity contribution in [1.82, 2.24) is 4.90 Å². The highest BCUT2D eigenvalue weighted by atomic mass is 32.2. The number of anilines is 1. The predicted molar refractivity (Wildman–Crippen MR) is 76.7 cm³/mol. The zero-order valence-electron chi connectivity index (χ0n) is 10.8. The lowest BCUT2D eigenvalue weighted by Gasteiger charge is -2.26. The van der Waals surface area contributed by atoms with Gasteiger partial charge in [0.25, 0.3) is 0 Å². The van der Waals surface area contributed by atoms with Crippen LogP contribution in [-0.2, 0) is 4.79 Å². The van der Waals surface area contributed by atoms with E-state index in [2.05, 4.69) is 0 Å². The summed E-state index contributed by atoms with van der Waals surface area (Å²) in [5, 5.41) is 0. The van der Waals surface area contributed by atoms with Crippen molar-refractivity contribution < 1.29 is 4.79 Å². The number of nitrogens with two attached hydrogens (primary N) is 1. The number of carbonyl (C=O) groups is 1. The minimum atomic E-state index is 0.258. The summed E-state index contributed by atoms with van der Waals surface area (Å²) in [6.07, 6.45) is 3.56. The summed E-state index contributed by atoms with van der Waals surface area (Å²) >= 11 is 1.60. The lowest BCUT2D eigenvalue weighted by atomic mass is 10.1. The third-order valence-electron chi connectivity index (χ3n) is 3.31. The molecule has 1 aromatic carbocycles. The van der Waals surface area contributed by atoms with Gasteiger partial charge in [0.15, 0.2) is 0 Å². The molecule has 0 spiro atoms. The van der Waals surface area contributed by atoms with Crippen molar-refractivity contribution in [1.29, 1.82) is 0 Å². The van der Waals surface area contributed by atoms with Crippen LogP contribution in [0.5, 0.6) is 0 Å². The fourth-order valence-corrected chi connectivity index (χ4v) is 3.01. The van der Waals surface area contributed by atoms with Gasteiger partial charge in [0.1, 0.15) is 0 Å². The van der Waals surface area contributed by atoms with Crippen LogP contribution in [0.2, 0.25) is 0 Å². The Morgan fingerprint density at radius 1 is 1.33 bits per heavy atom. The Kier molecular flexibility index (Phi) is 4.53. The molecule has 0 radical (unpaired) electrons. The van der Waals surface area contributed by atoms with Crippen molar-refractivity contribution in [2.24, 2.45) is 0 Å². The fraction of sp³-hybridized carbons (Fsp3) is 0.500. The number of benzene rings is 1. The van der Waals surface area contributed by atoms with E-state index < -0.39 is 0 Å². The zero-order valence-corrected chi connectivity index (χ0v) is 11.6. The van der Waals surface area contributed by atoms with Gasteiger partial charge in [-0.05, 0) is 49.9 Å². The number of hydrogen-bond acceptors (Lipinski definition) is 3. The summed E-state index contributed by atoms with van der Waals surface area (Å²) in [5.41, 5.74) is 7.66. The molecule has 1 amide bonds. The molecule has 0 aliphatic carbocycles. The molecule has 18 heavy (non-hydrogen) atoms. The Balaban J connectivity index is 1.86. The van der Waals surface area contributed by atoms with E-state index >= 15 is 0 Å². The topological polar surface area (TPSA) is 46.3 Å². The summed E-state index contributed by atoms with van der Waals surface area (Å²) in [6, 6.07) is 5.93. The van der Waals surface area contributed by atoms with Gasteiger partial charge in [-0.1, -0.05) is 0 Å². The number of amides is 1. The molecule has 0 atom stereocenters. The first-order valence-electron chi connectivity index (χ1n) is 6.43. The lowest BCUT2D eigenvalue weighted by Crippen LogP contribution is -2.36. The molecule has 1 aliphatic rings. The van der Waals surface area contributed by atoms with Crippen LogP contribution >= 0.6 is 11.8 Å². The van der Waals surface area contributed by atoms with E-state index in [1.165, 1.54) is 6.42 Å². The Labute approximate surface area is 113 Å². The van der Waals surface area contributed by atoms with Crippen LogP contribution in [-0.4, -0.2) is 29.6 Å². The number of nitrogens with zero attached hydrogens (tertiary/aromatic N) is 1. The van der Waals surface area contributed by atoms with Gasteiger partial charge in [-0.2, -0.15) is 0 Å². The smallest absolute Gasteiger partial charge is 0.232 e. The van der Waals surface area contributed by atoms with Gasteiger partial charge < -0.3 is 10.6 Å². The number of thioether (sulfide) groups is 1. The number of aryl methyl sites for hydroxylation is 1. The maximum atomic E-state index is 12.0. The zero-order chi connectivity index (χ0) is 13.0. The number of piperidine rings is 1. The molecule has 2 rings (SSSR count). The van der Waals surface area contributed by atoms with E-state index in [-0.39, 0.29) is 5.91 Å². The molecule has 0 bridgehead atoms. The predicted octanol–water partition coefficient (Wildman–Crippen LogP) is 2.68. The minimum absolute atomic E-state index is 0.258. The monoisotopic (exact) mass is 264 g/mol. The number of likely N-dealkylation sites (tertiary alicyclic amines) is 1. The standard InChI is InChI=1S/C14H20N2OS/c1-11-9-12(5-6-13(11)15)18-10-14(17)16-7-3-2-4-8-16/h5-6,9H,2-4,7-8,10,15H2,1H3. The van der Waals surface area contributed by atoms with Crippen molar-refractivity contribution >= 4 is 23.4 Å². The van der Waals surface area contributed by atoms with Crippen LogP contribution in [0.4, 0.5) is 5.69 Å². The molecule has 2 N–H and O–H groups in total. The highest BCUT2D eigenvalue weighted by Crippen LogP contribution is 2.23. The molecule has 1 aliphatic heterocycles. The Hall–Kier alpha value is -1.16. The second-order valence-corrected chi connectivity index (χ2v) is 5.80. The van der Waals surface area contributed by atoms with Crippen LogP contribution < -0.4 is 5.73 Å². The Bertz CT molecular complexity index is 428. The Morgan fingerprint density at radius 3 is 2.72 bits per heavy atom. The van der Waals surface area contributed by atoms with Crippen molar-refractivity contribution in [3.05, 3.63) is 23.8 Å². The van der Waals surface area contributed by atoms with E-state index in [4.69, 9.17) is 5.73 Å². The summed E-state index contributed by atoms with van der Waals surface area (Å²) < 4.78 is 0. The minimum Gasteiger partial charge on any atom is -0.399 e. The lowest BCUT2D eigenvalue weighted by molar-refractivity contribution is -0.129. The third kappa shape index (κ3) is 3.42. The number of rotatable bonds is 3. The highest BCUT2D eigenvalue weighted by Gasteiger charge is 2.16. The van der Waals surface area contributed by atoms with Crippen molar-refractivity contribution in [3.8, 4) is 0 Å². The van der Waals surface area contributed by atoms with Crippen molar-refractivity contribution in [2.45, 2.75) is 31.1 Å². The SMILES string of the molecule is Cc1cc(SCC(=O)N2CCCCC2)ccc1N. The molecule has 4 heteroatoms. The van der Waals surface area contributed by atoms with E-state index in [1.54, 1.807) is 11.8 Å². The van der Waals surface area contributed by atoms with Gasteiger partial charge in [0, 0.05) is 23.7 Å². The molecular formula is C14H20N2OS. The van der Waals surface area contributed by atoms with Crippen molar-refractivity contribution in [3.63, 3.8) is 0 Å². The van der Waals surface area contributed by atoms with E-state index in [0.29, 0.717) is 5.75 Å². The van der Waals surface area contributed by atoms with Gasteiger partial charge in [0.2, 0.25) is 5.91 Å². The van der Waals surface area contributed by atoms with Gasteiger partial charge in [-0.15, -0.1) is 11.8 Å². The summed E-state index contributed by atoms with van der Waals surface area (Å²) in [7, 11) is 0. The van der Waals surface area contributed by atoms with Crippen LogP contribution in [0, 0.1) is 6.92 Å². The molecule has 0 saturated carbocycles. The fourth-order valence-electron chi connectivity index (χ4n) is 2.12. The molecular weight excluding hydrogens is 244 g/mol. The van der Waals surface area contributed by atoms with Crippen LogP contribution in [0.15, 0.2) is 23.1 Å². The average molecular weight is 264 g/mol. The molecule has 0 aromatic heterocycles. The summed E-state index contributed by atoms with van der Waals surface area (Å²) in [5.74, 6) is 0.790. The van der Waals surface area contributed by atoms with Crippen LogP contribution in [0.3, 0.4) is 0 Å². The second kappa shape index (κ2) is 6.14. The first kappa shape index (κ1) is 13.3. The molecule has 1 fully saturated rings. The Morgan fingerprint density at radius 2 is 2.06 bits per heavy atom. The molecule has 1 aromatic rings. The van der Waals surface area contributed by atoms with E-state index in [1.807, 2.05) is 30.0 Å². The van der Waals surface area contributed by atoms with Crippen molar-refractivity contribution in [2.75, 3.05) is 24.6 Å². The molecule has 1 saturated heterocycles. The maximum Gasteiger partial charge on any atom is 0.232 e. The van der Waals surface area contributed by atoms with E-state index in [0.717, 1.165) is 42.1 Å². The van der Waals surface area contributed by atoms with Gasteiger partial charge in [-0.3, -0.25) is 4.79 Å². The van der Waals surface area contributed by atoms with Gasteiger partial charge in [-0.25, -0.2) is 0 Å². The number of hydrogen-bond donors (Lipinski definition) is 1. The number of nitrogen functional groups attached to an aromatic ring is 1. The first-order valence-corrected chi connectivity index (χ1v) is 7.42. The maximum absolute atomic E-state index is 12.0. The average Bonchev–Trinajstić information content (AvgIpc) is 2.41. The van der Waals surface area contributed by atoms with E-state index in [9.17, 15) is 4.79 Å². The molecule has 98 valence electrons. The number of carbonyl (C=O) groups excluding carboxylic acids is 1.